The summed E-state index contributed by atoms with van der Waals surface area (Å²) < 4.78 is 26.1. The summed E-state index contributed by atoms with van der Waals surface area (Å²) in [6.45, 7) is 4.88. The number of benzene rings is 2. The molecule has 1 atom stereocenters. The number of hydrogen-bond donors (Lipinski definition) is 1. The number of aromatic nitrogens is 3. The standard InChI is InChI=1S/C22H25FN4O3S/c1-4-27-21(15(2)30-19-7-5-6-18(12-19)29-3)25-26-22(27)31-14-20(28)24-13-16-8-10-17(23)11-9-16/h5-12,15H,4,13-14H2,1-3H3,(H,24,28). The number of thioether (sulfide) groups is 1. The van der Waals surface area contributed by atoms with Crippen LogP contribution in [0.15, 0.2) is 53.7 Å². The third-order valence-electron chi connectivity index (χ3n) is 4.51. The molecule has 1 unspecified atom stereocenters. The predicted octanol–water partition coefficient (Wildman–Crippen LogP) is 3.99. The van der Waals surface area contributed by atoms with Crippen molar-refractivity contribution >= 4 is 17.7 Å². The molecule has 0 bridgehead atoms. The summed E-state index contributed by atoms with van der Waals surface area (Å²) in [5, 5.41) is 12.0. The quantitative estimate of drug-likeness (QED) is 0.477. The molecule has 0 saturated heterocycles. The van der Waals surface area contributed by atoms with Gasteiger partial charge in [0.15, 0.2) is 17.1 Å². The molecule has 2 aromatic carbocycles. The Bertz CT molecular complexity index is 1010. The van der Waals surface area contributed by atoms with Gasteiger partial charge < -0.3 is 19.4 Å². The topological polar surface area (TPSA) is 78.3 Å². The Kier molecular flexibility index (Phi) is 7.88. The predicted molar refractivity (Wildman–Crippen MR) is 117 cm³/mol. The van der Waals surface area contributed by atoms with Crippen molar-refractivity contribution in [3.8, 4) is 11.5 Å². The van der Waals surface area contributed by atoms with E-state index in [2.05, 4.69) is 15.5 Å². The van der Waals surface area contributed by atoms with Crippen LogP contribution in [0.25, 0.3) is 0 Å². The van der Waals surface area contributed by atoms with Crippen LogP contribution in [-0.2, 0) is 17.9 Å². The molecule has 164 valence electrons. The van der Waals surface area contributed by atoms with Gasteiger partial charge in [0.25, 0.3) is 0 Å². The number of carbonyl (C=O) groups is 1. The Morgan fingerprint density at radius 1 is 1.19 bits per heavy atom. The van der Waals surface area contributed by atoms with Gasteiger partial charge in [-0.15, -0.1) is 10.2 Å². The number of methoxy groups -OCH3 is 1. The molecule has 3 aromatic rings. The molecule has 0 fully saturated rings. The number of amides is 1. The van der Waals surface area contributed by atoms with Gasteiger partial charge in [0.1, 0.15) is 17.3 Å². The molecule has 0 spiro atoms. The monoisotopic (exact) mass is 444 g/mol. The van der Waals surface area contributed by atoms with E-state index in [0.717, 1.165) is 5.56 Å². The zero-order chi connectivity index (χ0) is 22.2. The molecule has 1 aromatic heterocycles. The summed E-state index contributed by atoms with van der Waals surface area (Å²) in [7, 11) is 1.61. The maximum Gasteiger partial charge on any atom is 0.230 e. The summed E-state index contributed by atoms with van der Waals surface area (Å²) in [4.78, 5) is 12.2. The molecular weight excluding hydrogens is 419 g/mol. The third-order valence-corrected chi connectivity index (χ3v) is 5.48. The first-order valence-electron chi connectivity index (χ1n) is 9.88. The van der Waals surface area contributed by atoms with Crippen LogP contribution in [0.1, 0.15) is 31.3 Å². The molecule has 0 aliphatic heterocycles. The fourth-order valence-corrected chi connectivity index (χ4v) is 3.76. The van der Waals surface area contributed by atoms with Crippen molar-refractivity contribution < 1.29 is 18.7 Å². The number of halogens is 1. The molecule has 9 heteroatoms. The van der Waals surface area contributed by atoms with Gasteiger partial charge in [-0.05, 0) is 43.7 Å². The van der Waals surface area contributed by atoms with Crippen LogP contribution in [0.4, 0.5) is 4.39 Å². The lowest BCUT2D eigenvalue weighted by molar-refractivity contribution is -0.118. The summed E-state index contributed by atoms with van der Waals surface area (Å²) in [6, 6.07) is 13.4. The van der Waals surface area contributed by atoms with Crippen LogP contribution in [-0.4, -0.2) is 33.5 Å². The number of nitrogens with zero attached hydrogens (tertiary/aromatic N) is 3. The average molecular weight is 445 g/mol. The van der Waals surface area contributed by atoms with Crippen molar-refractivity contribution in [2.75, 3.05) is 12.9 Å². The molecule has 1 heterocycles. The Balaban J connectivity index is 1.57. The van der Waals surface area contributed by atoms with E-state index in [1.165, 1.54) is 23.9 Å². The van der Waals surface area contributed by atoms with E-state index < -0.39 is 0 Å². The molecule has 0 aliphatic rings. The fourth-order valence-electron chi connectivity index (χ4n) is 2.92. The normalized spacial score (nSPS) is 11.7. The maximum absolute atomic E-state index is 13.0. The van der Waals surface area contributed by atoms with Crippen LogP contribution >= 0.6 is 11.8 Å². The molecule has 7 nitrogen and oxygen atoms in total. The Labute approximate surface area is 185 Å². The van der Waals surface area contributed by atoms with Crippen molar-refractivity contribution in [3.05, 3.63) is 65.7 Å². The van der Waals surface area contributed by atoms with E-state index in [4.69, 9.17) is 9.47 Å². The SMILES string of the molecule is CCn1c(SCC(=O)NCc2ccc(F)cc2)nnc1C(C)Oc1cccc(OC)c1. The second-order valence-corrected chi connectivity index (χ2v) is 7.66. The van der Waals surface area contributed by atoms with Crippen LogP contribution in [0, 0.1) is 5.82 Å². The highest BCUT2D eigenvalue weighted by molar-refractivity contribution is 7.99. The second-order valence-electron chi connectivity index (χ2n) is 6.72. The number of rotatable bonds is 10. The van der Waals surface area contributed by atoms with Crippen molar-refractivity contribution in [3.63, 3.8) is 0 Å². The third kappa shape index (κ3) is 6.21. The van der Waals surface area contributed by atoms with E-state index in [1.807, 2.05) is 42.7 Å². The lowest BCUT2D eigenvalue weighted by atomic mass is 10.2. The van der Waals surface area contributed by atoms with Gasteiger partial charge >= 0.3 is 0 Å². The number of nitrogens with one attached hydrogen (secondary N) is 1. The lowest BCUT2D eigenvalue weighted by Gasteiger charge is -2.16. The van der Waals surface area contributed by atoms with Crippen molar-refractivity contribution in [2.45, 2.75) is 38.2 Å². The van der Waals surface area contributed by atoms with Gasteiger partial charge in [-0.3, -0.25) is 4.79 Å². The van der Waals surface area contributed by atoms with Gasteiger partial charge in [-0.1, -0.05) is 30.0 Å². The molecule has 31 heavy (non-hydrogen) atoms. The first kappa shape index (κ1) is 22.6. The summed E-state index contributed by atoms with van der Waals surface area (Å²) in [5.74, 6) is 1.83. The van der Waals surface area contributed by atoms with Crippen molar-refractivity contribution in [1.82, 2.24) is 20.1 Å². The van der Waals surface area contributed by atoms with Crippen LogP contribution in [0.5, 0.6) is 11.5 Å². The number of hydrogen-bond acceptors (Lipinski definition) is 6. The van der Waals surface area contributed by atoms with Gasteiger partial charge in [-0.25, -0.2) is 4.39 Å². The lowest BCUT2D eigenvalue weighted by Crippen LogP contribution is -2.24. The first-order valence-corrected chi connectivity index (χ1v) is 10.9. The van der Waals surface area contributed by atoms with E-state index in [9.17, 15) is 9.18 Å². The largest absolute Gasteiger partial charge is 0.497 e. The van der Waals surface area contributed by atoms with Gasteiger partial charge in [0, 0.05) is 19.2 Å². The summed E-state index contributed by atoms with van der Waals surface area (Å²) >= 11 is 1.31. The van der Waals surface area contributed by atoms with Crippen LogP contribution < -0.4 is 14.8 Å². The van der Waals surface area contributed by atoms with Crippen molar-refractivity contribution in [1.29, 1.82) is 0 Å². The van der Waals surface area contributed by atoms with Crippen LogP contribution in [0.3, 0.4) is 0 Å². The Morgan fingerprint density at radius 2 is 1.94 bits per heavy atom. The first-order chi connectivity index (χ1) is 15.0. The van der Waals surface area contributed by atoms with Gasteiger partial charge in [-0.2, -0.15) is 0 Å². The van der Waals surface area contributed by atoms with E-state index in [-0.39, 0.29) is 23.6 Å². The summed E-state index contributed by atoms with van der Waals surface area (Å²) in [6.07, 6.45) is -0.332. The smallest absolute Gasteiger partial charge is 0.230 e. The average Bonchev–Trinajstić information content (AvgIpc) is 3.20. The summed E-state index contributed by atoms with van der Waals surface area (Å²) in [5.41, 5.74) is 0.835. The second kappa shape index (κ2) is 10.8. The molecular formula is C22H25FN4O3S. The van der Waals surface area contributed by atoms with E-state index in [1.54, 1.807) is 19.2 Å². The Morgan fingerprint density at radius 3 is 2.65 bits per heavy atom. The minimum atomic E-state index is -0.332. The van der Waals surface area contributed by atoms with E-state index in [0.29, 0.717) is 35.6 Å². The minimum absolute atomic E-state index is 0.137. The minimum Gasteiger partial charge on any atom is -0.497 e. The molecule has 3 rings (SSSR count). The molecule has 0 aliphatic carbocycles. The molecule has 1 N–H and O–H groups in total. The van der Waals surface area contributed by atoms with Crippen molar-refractivity contribution in [2.24, 2.45) is 0 Å². The van der Waals surface area contributed by atoms with E-state index >= 15 is 0 Å². The van der Waals surface area contributed by atoms with Gasteiger partial charge in [0.05, 0.1) is 12.9 Å². The Hall–Kier alpha value is -3.07. The zero-order valence-electron chi connectivity index (χ0n) is 17.7. The number of carbonyl (C=O) groups excluding carboxylic acids is 1. The number of ether oxygens (including phenoxy) is 2. The molecule has 0 radical (unpaired) electrons. The highest BCUT2D eigenvalue weighted by atomic mass is 32.2. The van der Waals surface area contributed by atoms with Crippen LogP contribution in [0.2, 0.25) is 0 Å². The zero-order valence-corrected chi connectivity index (χ0v) is 18.5. The van der Waals surface area contributed by atoms with Gasteiger partial charge in [0.2, 0.25) is 5.91 Å². The fraction of sp³-hybridized carbons (Fsp3) is 0.318. The maximum atomic E-state index is 13.0. The highest BCUT2D eigenvalue weighted by Crippen LogP contribution is 2.26. The molecule has 0 saturated carbocycles. The highest BCUT2D eigenvalue weighted by Gasteiger charge is 2.19. The molecule has 1 amide bonds.